The van der Waals surface area contributed by atoms with E-state index in [1.54, 1.807) is 27.7 Å². The van der Waals surface area contributed by atoms with Crippen LogP contribution >= 0.6 is 23.1 Å². The molecular formula is C17H20F3N5O3S2. The number of nitrogens with one attached hydrogen (secondary N) is 3. The van der Waals surface area contributed by atoms with Gasteiger partial charge in [0.1, 0.15) is 5.75 Å². The summed E-state index contributed by atoms with van der Waals surface area (Å²) in [6, 6.07) is 4.55. The van der Waals surface area contributed by atoms with Gasteiger partial charge in [-0.15, -0.1) is 23.4 Å². The average molecular weight is 464 g/mol. The lowest BCUT2D eigenvalue weighted by Crippen LogP contribution is -2.49. The molecule has 13 heteroatoms. The molecule has 2 rings (SSSR count). The highest BCUT2D eigenvalue weighted by molar-refractivity contribution is 8.02. The Morgan fingerprint density at radius 3 is 2.33 bits per heavy atom. The Balaban J connectivity index is 1.88. The number of alkyl halides is 3. The molecule has 0 saturated heterocycles. The Morgan fingerprint density at radius 1 is 1.13 bits per heavy atom. The van der Waals surface area contributed by atoms with E-state index in [1.807, 2.05) is 0 Å². The zero-order chi connectivity index (χ0) is 22.5. The second-order valence-corrected chi connectivity index (χ2v) is 9.59. The molecule has 3 amide bonds. The quantitative estimate of drug-likeness (QED) is 0.549. The molecule has 0 fully saturated rings. The molecule has 1 aromatic carbocycles. The molecule has 30 heavy (non-hydrogen) atoms. The van der Waals surface area contributed by atoms with Crippen LogP contribution in [0.2, 0.25) is 0 Å². The summed E-state index contributed by atoms with van der Waals surface area (Å²) in [6.45, 7) is 7.00. The predicted molar refractivity (Wildman–Crippen MR) is 108 cm³/mol. The van der Waals surface area contributed by atoms with E-state index in [-0.39, 0.29) is 5.75 Å². The zero-order valence-electron chi connectivity index (χ0n) is 16.5. The number of carbonyl (C=O) groups excluding carboxylic acids is 2. The van der Waals surface area contributed by atoms with Crippen molar-refractivity contribution in [1.29, 1.82) is 0 Å². The highest BCUT2D eigenvalue weighted by Gasteiger charge is 2.31. The van der Waals surface area contributed by atoms with E-state index in [4.69, 9.17) is 0 Å². The summed E-state index contributed by atoms with van der Waals surface area (Å²) >= 11 is 2.27. The fraction of sp³-hybridized carbons (Fsp3) is 0.412. The third-order valence-corrected chi connectivity index (χ3v) is 5.14. The molecule has 1 unspecified atom stereocenters. The zero-order valence-corrected chi connectivity index (χ0v) is 18.1. The Bertz CT molecular complexity index is 882. The first-order valence-corrected chi connectivity index (χ1v) is 10.3. The first kappa shape index (κ1) is 23.7. The highest BCUT2D eigenvalue weighted by atomic mass is 32.2. The van der Waals surface area contributed by atoms with Crippen molar-refractivity contribution in [2.24, 2.45) is 0 Å². The maximum atomic E-state index is 12.2. The van der Waals surface area contributed by atoms with Crippen LogP contribution in [0.25, 0.3) is 0 Å². The van der Waals surface area contributed by atoms with Crippen LogP contribution in [-0.2, 0) is 4.79 Å². The number of thioether (sulfide) groups is 1. The third-order valence-electron chi connectivity index (χ3n) is 3.12. The van der Waals surface area contributed by atoms with Crippen molar-refractivity contribution < 1.29 is 27.5 Å². The molecule has 0 bridgehead atoms. The van der Waals surface area contributed by atoms with E-state index in [0.29, 0.717) is 15.2 Å². The Morgan fingerprint density at radius 2 is 1.77 bits per heavy atom. The van der Waals surface area contributed by atoms with Gasteiger partial charge in [0, 0.05) is 11.2 Å². The number of rotatable bonds is 6. The topological polar surface area (TPSA) is 105 Å². The minimum absolute atomic E-state index is 0.336. The van der Waals surface area contributed by atoms with Gasteiger partial charge in [-0.25, -0.2) is 4.79 Å². The van der Waals surface area contributed by atoms with Gasteiger partial charge in [-0.05, 0) is 52.0 Å². The van der Waals surface area contributed by atoms with Crippen molar-refractivity contribution in [1.82, 2.24) is 20.8 Å². The van der Waals surface area contributed by atoms with Gasteiger partial charge < -0.3 is 15.4 Å². The monoisotopic (exact) mass is 463 g/mol. The summed E-state index contributed by atoms with van der Waals surface area (Å²) in [6.07, 6.45) is -4.75. The van der Waals surface area contributed by atoms with Crippen LogP contribution < -0.4 is 20.7 Å². The van der Waals surface area contributed by atoms with E-state index in [1.165, 1.54) is 24.3 Å². The molecule has 164 valence electrons. The normalized spacial score (nSPS) is 12.8. The van der Waals surface area contributed by atoms with Crippen molar-refractivity contribution >= 4 is 45.9 Å². The molecule has 1 aromatic heterocycles. The van der Waals surface area contributed by atoms with Crippen molar-refractivity contribution in [3.63, 3.8) is 0 Å². The predicted octanol–water partition coefficient (Wildman–Crippen LogP) is 4.29. The maximum absolute atomic E-state index is 12.2. The van der Waals surface area contributed by atoms with Crippen LogP contribution in [0.3, 0.4) is 0 Å². The molecule has 0 saturated carbocycles. The maximum Gasteiger partial charge on any atom is 0.573 e. The fourth-order valence-corrected chi connectivity index (χ4v) is 3.88. The Hall–Kier alpha value is -2.54. The van der Waals surface area contributed by atoms with Crippen LogP contribution in [0.15, 0.2) is 28.6 Å². The van der Waals surface area contributed by atoms with Gasteiger partial charge in [0.2, 0.25) is 11.0 Å². The molecule has 2 aromatic rings. The molecular weight excluding hydrogens is 443 g/mol. The molecule has 1 atom stereocenters. The molecule has 0 radical (unpaired) electrons. The molecule has 0 aliphatic carbocycles. The number of imide groups is 1. The third kappa shape index (κ3) is 8.45. The molecule has 8 nitrogen and oxygen atoms in total. The molecule has 1 heterocycles. The number of halogens is 3. The van der Waals surface area contributed by atoms with Crippen LogP contribution in [0.5, 0.6) is 5.75 Å². The summed E-state index contributed by atoms with van der Waals surface area (Å²) in [5, 5.41) is 15.5. The standard InChI is InChI=1S/C17H20F3N5O3S2/c1-9(12(26)22-13(27)23-16(2,3)4)29-15-25-24-14(30-15)21-10-5-7-11(8-6-10)28-17(18,19)20/h5-9H,1-4H3,(H,21,24)(H2,22,23,26,27). The number of ether oxygens (including phenoxy) is 1. The first-order chi connectivity index (χ1) is 13.8. The van der Waals surface area contributed by atoms with E-state index in [0.717, 1.165) is 23.1 Å². The highest BCUT2D eigenvalue weighted by Crippen LogP contribution is 2.31. The number of benzene rings is 1. The van der Waals surface area contributed by atoms with Gasteiger partial charge in [-0.2, -0.15) is 0 Å². The fourth-order valence-electron chi connectivity index (χ4n) is 1.96. The minimum Gasteiger partial charge on any atom is -0.406 e. The van der Waals surface area contributed by atoms with Crippen molar-refractivity contribution in [2.45, 2.75) is 49.2 Å². The number of aromatic nitrogens is 2. The smallest absolute Gasteiger partial charge is 0.406 e. The summed E-state index contributed by atoms with van der Waals surface area (Å²) < 4.78 is 40.9. The second-order valence-electron chi connectivity index (χ2n) is 7.02. The summed E-state index contributed by atoms with van der Waals surface area (Å²) in [5.41, 5.74) is 0.0133. The summed E-state index contributed by atoms with van der Waals surface area (Å²) in [7, 11) is 0. The van der Waals surface area contributed by atoms with Crippen LogP contribution in [0.4, 0.5) is 28.8 Å². The lowest BCUT2D eigenvalue weighted by atomic mass is 10.1. The van der Waals surface area contributed by atoms with Gasteiger partial charge in [-0.1, -0.05) is 23.1 Å². The van der Waals surface area contributed by atoms with Gasteiger partial charge in [0.25, 0.3) is 0 Å². The number of nitrogens with zero attached hydrogens (tertiary/aromatic N) is 2. The van der Waals surface area contributed by atoms with Gasteiger partial charge in [-0.3, -0.25) is 10.1 Å². The van der Waals surface area contributed by atoms with Crippen LogP contribution in [0.1, 0.15) is 27.7 Å². The van der Waals surface area contributed by atoms with E-state index in [2.05, 4.69) is 30.9 Å². The van der Waals surface area contributed by atoms with Crippen LogP contribution in [0, 0.1) is 0 Å². The van der Waals surface area contributed by atoms with Gasteiger partial charge in [0.05, 0.1) is 5.25 Å². The van der Waals surface area contributed by atoms with Gasteiger partial charge >= 0.3 is 12.4 Å². The van der Waals surface area contributed by atoms with Crippen molar-refractivity contribution in [3.05, 3.63) is 24.3 Å². The number of anilines is 2. The summed E-state index contributed by atoms with van der Waals surface area (Å²) in [5.74, 6) is -0.816. The largest absolute Gasteiger partial charge is 0.573 e. The van der Waals surface area contributed by atoms with E-state index < -0.39 is 29.1 Å². The van der Waals surface area contributed by atoms with Crippen molar-refractivity contribution in [2.75, 3.05) is 5.32 Å². The molecule has 0 spiro atoms. The van der Waals surface area contributed by atoms with Crippen LogP contribution in [-0.4, -0.2) is 39.3 Å². The number of amides is 3. The lowest BCUT2D eigenvalue weighted by Gasteiger charge is -2.20. The van der Waals surface area contributed by atoms with E-state index in [9.17, 15) is 22.8 Å². The minimum atomic E-state index is -4.75. The van der Waals surface area contributed by atoms with Crippen molar-refractivity contribution in [3.8, 4) is 5.75 Å². The molecule has 0 aliphatic rings. The second kappa shape index (κ2) is 9.51. The molecule has 0 aliphatic heterocycles. The first-order valence-electron chi connectivity index (χ1n) is 8.57. The number of carbonyl (C=O) groups is 2. The van der Waals surface area contributed by atoms with Gasteiger partial charge in [0.15, 0.2) is 4.34 Å². The summed E-state index contributed by atoms with van der Waals surface area (Å²) in [4.78, 5) is 23.9. The number of urea groups is 1. The Labute approximate surface area is 179 Å². The lowest BCUT2D eigenvalue weighted by molar-refractivity contribution is -0.274. The average Bonchev–Trinajstić information content (AvgIpc) is 3.00. The number of hydrogen-bond donors (Lipinski definition) is 3. The molecule has 3 N–H and O–H groups in total. The number of hydrogen-bond acceptors (Lipinski definition) is 8. The SMILES string of the molecule is CC(Sc1nnc(Nc2ccc(OC(F)(F)F)cc2)s1)C(=O)NC(=O)NC(C)(C)C. The Kier molecular flexibility index (Phi) is 7.53. The van der Waals surface area contributed by atoms with E-state index >= 15 is 0 Å².